The summed E-state index contributed by atoms with van der Waals surface area (Å²) in [5, 5.41) is 16.3. The Morgan fingerprint density at radius 3 is 0.977 bits per heavy atom. The van der Waals surface area contributed by atoms with Gasteiger partial charge in [-0.15, -0.1) is 34.0 Å². The zero-order valence-electron chi connectivity index (χ0n) is 69.2. The second-order valence-corrected chi connectivity index (χ2v) is 35.8. The van der Waals surface area contributed by atoms with Gasteiger partial charge < -0.3 is 0 Å². The molecule has 0 saturated carbocycles. The zero-order chi connectivity index (χ0) is 84.7. The van der Waals surface area contributed by atoms with Crippen molar-refractivity contribution < 1.29 is 0 Å². The molecular weight excluding hydrogens is 1630 g/mol. The van der Waals surface area contributed by atoms with Gasteiger partial charge in [-0.05, 0) is 223 Å². The summed E-state index contributed by atoms with van der Waals surface area (Å²) in [7, 11) is 0. The minimum absolute atomic E-state index is 0.955. The SMILES string of the molecule is c1cc(-c2ccc3c4ccccc4c4ccccc4c3c2)cc(-n2c3ccccc3c3nc4ccccn4c32)c1.c1ccc(-c2ccc(-c3ccc(-n4c5ccccc5c5nc6ccccn6c54)cc3)s2)cc1.c1ccc2sc(-c3ccc(-n4c5ccccc5c5nc6ccccn6c54)cc3)cc2c1.c1ccc2sc(-n3c4ccccc4c4nc5ccccn5c43)cc2c1. The topological polar surface area (TPSA) is 88.9 Å². The normalized spacial score (nSPS) is 11.9. The van der Waals surface area contributed by atoms with Crippen molar-refractivity contribution in [3.63, 3.8) is 0 Å². The van der Waals surface area contributed by atoms with Crippen LogP contribution in [0.25, 0.3) is 228 Å². The number of aromatic nitrogens is 12. The summed E-state index contributed by atoms with van der Waals surface area (Å²) < 4.78 is 20.7. The number of para-hydroxylation sites is 4. The Morgan fingerprint density at radius 2 is 0.519 bits per heavy atom. The lowest BCUT2D eigenvalue weighted by Crippen LogP contribution is -1.97. The highest BCUT2D eigenvalue weighted by atomic mass is 32.1. The number of benzene rings is 14. The summed E-state index contributed by atoms with van der Waals surface area (Å²) in [5.41, 5.74) is 26.7. The molecule has 29 rings (SSSR count). The molecule has 29 aromatic rings. The molecule has 0 N–H and O–H groups in total. The molecule has 0 bridgehead atoms. The Bertz CT molecular complexity index is 9360. The standard InChI is InChI=1S/C37H23N3.C29H19N3S.C27H17N3S.C21H13N3S/c1-2-14-29-27(12-1)28-13-3-4-15-30(28)33-23-25(19-20-31(29)33)24-10-9-11-26(22-24)40-34-17-6-5-16-32(34)36-37(40)39-21-8-7-18-35(39)38-36;1-2-8-20(9-3-1)25-17-18-26(33-25)21-13-15-22(16-14-21)32-24-11-5-4-10-23(24)28-29(32)31-19-7-6-12-27(31)30-28;1-4-10-23-19(7-1)17-24(31-23)18-12-14-20(15-13-18)30-22-9-3-2-8-21(22)26-27(30)29-16-6-5-11-25(29)28-26;1-4-10-17-14(7-1)13-19(25-17)24-16-9-3-2-8-15(16)20-21(24)23-12-6-5-11-18(23)22-20/h1-23H;1-19H;1-17H;1-13H. The molecule has 0 atom stereocenters. The Labute approximate surface area is 749 Å². The van der Waals surface area contributed by atoms with Gasteiger partial charge in [-0.1, -0.05) is 261 Å². The first kappa shape index (κ1) is 73.9. The van der Waals surface area contributed by atoms with Gasteiger partial charge in [0.1, 0.15) is 49.7 Å². The molecule has 606 valence electrons. The lowest BCUT2D eigenvalue weighted by atomic mass is 9.92. The first-order valence-electron chi connectivity index (χ1n) is 43.2. The van der Waals surface area contributed by atoms with E-state index in [-0.39, 0.29) is 0 Å². The van der Waals surface area contributed by atoms with Crippen LogP contribution in [0.2, 0.25) is 0 Å². The first-order valence-corrected chi connectivity index (χ1v) is 45.7. The van der Waals surface area contributed by atoms with Crippen molar-refractivity contribution in [3.8, 4) is 64.5 Å². The van der Waals surface area contributed by atoms with Crippen LogP contribution in [0, 0.1) is 0 Å². The number of nitrogens with zero attached hydrogens (tertiary/aromatic N) is 12. The van der Waals surface area contributed by atoms with E-state index in [2.05, 4.69) is 449 Å². The van der Waals surface area contributed by atoms with E-state index < -0.39 is 0 Å². The van der Waals surface area contributed by atoms with E-state index in [1.54, 1.807) is 0 Å². The van der Waals surface area contributed by atoms with E-state index in [9.17, 15) is 0 Å². The second-order valence-electron chi connectivity index (χ2n) is 32.6. The van der Waals surface area contributed by atoms with Crippen molar-refractivity contribution in [1.29, 1.82) is 0 Å². The molecule has 0 radical (unpaired) electrons. The van der Waals surface area contributed by atoms with Crippen LogP contribution in [0.15, 0.2) is 437 Å². The Balaban J connectivity index is 0.0000000919. The lowest BCUT2D eigenvalue weighted by molar-refractivity contribution is 1.09. The van der Waals surface area contributed by atoms with Gasteiger partial charge >= 0.3 is 0 Å². The fourth-order valence-corrected chi connectivity index (χ4v) is 22.5. The molecule has 0 fully saturated rings. The molecule has 0 aliphatic heterocycles. The highest BCUT2D eigenvalue weighted by Gasteiger charge is 2.25. The molecule has 15 heteroatoms. The average Bonchev–Trinajstić information content (AvgIpc) is 1.69. The molecule has 0 amide bonds. The van der Waals surface area contributed by atoms with E-state index in [4.69, 9.17) is 19.9 Å². The number of rotatable bonds is 8. The number of hydrogen-bond donors (Lipinski definition) is 0. The molecule has 129 heavy (non-hydrogen) atoms. The molecule has 12 nitrogen and oxygen atoms in total. The summed E-state index contributed by atoms with van der Waals surface area (Å²) in [6.45, 7) is 0. The van der Waals surface area contributed by atoms with Crippen LogP contribution in [0.5, 0.6) is 0 Å². The van der Waals surface area contributed by atoms with E-state index in [0.717, 1.165) is 95.2 Å². The zero-order valence-corrected chi connectivity index (χ0v) is 71.6. The maximum absolute atomic E-state index is 5.00. The fraction of sp³-hybridized carbons (Fsp3) is 0. The van der Waals surface area contributed by atoms with Gasteiger partial charge in [0.25, 0.3) is 0 Å². The predicted octanol–water partition coefficient (Wildman–Crippen LogP) is 30.3. The quantitative estimate of drug-likeness (QED) is 0.142. The van der Waals surface area contributed by atoms with Crippen molar-refractivity contribution in [1.82, 2.24) is 55.8 Å². The number of fused-ring (bicyclic) bond motifs is 28. The molecule has 15 aromatic heterocycles. The number of thiophene rings is 3. The Hall–Kier alpha value is -16.6. The number of pyridine rings is 4. The third-order valence-corrected chi connectivity index (χ3v) is 28.6. The summed E-state index contributed by atoms with van der Waals surface area (Å²) in [6, 6.07) is 146. The van der Waals surface area contributed by atoms with Gasteiger partial charge in [-0.3, -0.25) is 35.9 Å². The fourth-order valence-electron chi connectivity index (χ4n) is 19.4. The van der Waals surface area contributed by atoms with Crippen molar-refractivity contribution in [2.24, 2.45) is 0 Å². The minimum atomic E-state index is 0.955. The molecule has 14 aromatic carbocycles. The highest BCUT2D eigenvalue weighted by Crippen LogP contribution is 2.44. The Kier molecular flexibility index (Phi) is 17.3. The number of hydrogen-bond acceptors (Lipinski definition) is 7. The first-order chi connectivity index (χ1) is 64.0. The van der Waals surface area contributed by atoms with Gasteiger partial charge in [-0.25, -0.2) is 19.9 Å². The third kappa shape index (κ3) is 12.2. The van der Waals surface area contributed by atoms with Gasteiger partial charge in [0, 0.05) is 87.4 Å². The maximum atomic E-state index is 5.00. The smallest absolute Gasteiger partial charge is 0.151 e. The van der Waals surface area contributed by atoms with Crippen LogP contribution in [-0.4, -0.2) is 55.8 Å². The summed E-state index contributed by atoms with van der Waals surface area (Å²) >= 11 is 5.49. The largest absolute Gasteiger partial charge is 0.294 e. The molecule has 15 heterocycles. The van der Waals surface area contributed by atoms with Crippen molar-refractivity contribution in [2.45, 2.75) is 0 Å². The van der Waals surface area contributed by atoms with Crippen LogP contribution in [0.1, 0.15) is 0 Å². The van der Waals surface area contributed by atoms with Gasteiger partial charge in [0.2, 0.25) is 0 Å². The lowest BCUT2D eigenvalue weighted by Gasteiger charge is -2.13. The monoisotopic (exact) mass is 1700 g/mol. The molecule has 0 aliphatic rings. The summed E-state index contributed by atoms with van der Waals surface area (Å²) in [4.78, 5) is 23.6. The summed E-state index contributed by atoms with van der Waals surface area (Å²) in [6.07, 6.45) is 8.37. The van der Waals surface area contributed by atoms with Crippen LogP contribution in [0.3, 0.4) is 0 Å². The predicted molar refractivity (Wildman–Crippen MR) is 541 cm³/mol. The second kappa shape index (κ2) is 30.1. The van der Waals surface area contributed by atoms with E-state index >= 15 is 0 Å². The minimum Gasteiger partial charge on any atom is -0.294 e. The van der Waals surface area contributed by atoms with Crippen molar-refractivity contribution >= 4 is 197 Å². The Morgan fingerprint density at radius 1 is 0.186 bits per heavy atom. The highest BCUT2D eigenvalue weighted by molar-refractivity contribution is 7.22. The third-order valence-electron chi connectivity index (χ3n) is 25.2. The summed E-state index contributed by atoms with van der Waals surface area (Å²) in [5.74, 6) is 0. The van der Waals surface area contributed by atoms with Gasteiger partial charge in [0.15, 0.2) is 22.6 Å². The maximum Gasteiger partial charge on any atom is 0.151 e. The van der Waals surface area contributed by atoms with Crippen LogP contribution < -0.4 is 0 Å². The van der Waals surface area contributed by atoms with Crippen LogP contribution >= 0.6 is 34.0 Å². The number of imidazole rings is 4. The molecule has 0 aliphatic carbocycles. The average molecular weight is 1710 g/mol. The van der Waals surface area contributed by atoms with Crippen molar-refractivity contribution in [2.75, 3.05) is 0 Å². The van der Waals surface area contributed by atoms with Gasteiger partial charge in [0.05, 0.1) is 22.1 Å². The molecular formula is C114H72N12S3. The van der Waals surface area contributed by atoms with Crippen molar-refractivity contribution in [3.05, 3.63) is 437 Å². The van der Waals surface area contributed by atoms with E-state index in [1.165, 1.54) is 133 Å². The molecule has 0 saturated heterocycles. The van der Waals surface area contributed by atoms with E-state index in [1.807, 2.05) is 58.3 Å². The van der Waals surface area contributed by atoms with Crippen LogP contribution in [-0.2, 0) is 0 Å². The van der Waals surface area contributed by atoms with Crippen LogP contribution in [0.4, 0.5) is 0 Å². The van der Waals surface area contributed by atoms with Gasteiger partial charge in [-0.2, -0.15) is 0 Å². The van der Waals surface area contributed by atoms with E-state index in [0.29, 0.717) is 0 Å². The molecule has 0 unspecified atom stereocenters. The molecule has 0 spiro atoms.